The van der Waals surface area contributed by atoms with E-state index in [1.54, 1.807) is 0 Å². The molecule has 0 aliphatic carbocycles. The van der Waals surface area contributed by atoms with Gasteiger partial charge in [0.25, 0.3) is 0 Å². The predicted molar refractivity (Wildman–Crippen MR) is 77.1 cm³/mol. The van der Waals surface area contributed by atoms with E-state index in [-0.39, 0.29) is 17.3 Å². The number of benzene rings is 1. The zero-order valence-electron chi connectivity index (χ0n) is 11.2. The smallest absolute Gasteiger partial charge is 0.324 e. The quantitative estimate of drug-likeness (QED) is 0.902. The molecular formula is C13H10Cl2F3N3O. The predicted octanol–water partition coefficient (Wildman–Crippen LogP) is 4.16. The van der Waals surface area contributed by atoms with Crippen LogP contribution in [0.3, 0.4) is 0 Å². The molecule has 0 saturated heterocycles. The molecule has 0 spiro atoms. The summed E-state index contributed by atoms with van der Waals surface area (Å²) in [5, 5.41) is 6.48. The Morgan fingerprint density at radius 2 is 1.95 bits per heavy atom. The van der Waals surface area contributed by atoms with Gasteiger partial charge in [-0.3, -0.25) is 9.48 Å². The van der Waals surface area contributed by atoms with Crippen LogP contribution in [0.4, 0.5) is 18.9 Å². The summed E-state index contributed by atoms with van der Waals surface area (Å²) in [5.41, 5.74) is -0.413. The SMILES string of the molecule is Cc1cc(C(F)(F)F)nn1CC(=O)Nc1ccc(Cl)c(Cl)c1. The first kappa shape index (κ1) is 16.6. The maximum absolute atomic E-state index is 12.5. The fraction of sp³-hybridized carbons (Fsp3) is 0.231. The maximum Gasteiger partial charge on any atom is 0.435 e. The summed E-state index contributed by atoms with van der Waals surface area (Å²) in [5.74, 6) is -0.529. The minimum atomic E-state index is -4.55. The van der Waals surface area contributed by atoms with Crippen molar-refractivity contribution in [2.45, 2.75) is 19.6 Å². The van der Waals surface area contributed by atoms with Crippen LogP contribution in [-0.4, -0.2) is 15.7 Å². The number of nitrogens with zero attached hydrogens (tertiary/aromatic N) is 2. The third-order valence-corrected chi connectivity index (χ3v) is 3.51. The van der Waals surface area contributed by atoms with E-state index in [1.165, 1.54) is 25.1 Å². The highest BCUT2D eigenvalue weighted by atomic mass is 35.5. The van der Waals surface area contributed by atoms with E-state index in [0.717, 1.165) is 10.7 Å². The molecule has 2 aromatic rings. The Kier molecular flexibility index (Phi) is 4.67. The second-order valence-electron chi connectivity index (χ2n) is 4.50. The first-order valence-corrected chi connectivity index (χ1v) is 6.79. The van der Waals surface area contributed by atoms with Crippen LogP contribution in [0, 0.1) is 6.92 Å². The first-order valence-electron chi connectivity index (χ1n) is 6.03. The molecule has 9 heteroatoms. The number of carbonyl (C=O) groups excluding carboxylic acids is 1. The Labute approximate surface area is 133 Å². The van der Waals surface area contributed by atoms with Crippen molar-refractivity contribution in [3.05, 3.63) is 45.7 Å². The number of hydrogen-bond donors (Lipinski definition) is 1. The van der Waals surface area contributed by atoms with Crippen LogP contribution in [0.25, 0.3) is 0 Å². The summed E-state index contributed by atoms with van der Waals surface area (Å²) in [6.07, 6.45) is -4.55. The lowest BCUT2D eigenvalue weighted by Gasteiger charge is -2.08. The third kappa shape index (κ3) is 3.92. The van der Waals surface area contributed by atoms with Crippen LogP contribution in [0.1, 0.15) is 11.4 Å². The molecule has 22 heavy (non-hydrogen) atoms. The van der Waals surface area contributed by atoms with E-state index in [2.05, 4.69) is 10.4 Å². The van der Waals surface area contributed by atoms with Gasteiger partial charge in [0, 0.05) is 11.4 Å². The van der Waals surface area contributed by atoms with Crippen LogP contribution in [0.5, 0.6) is 0 Å². The van der Waals surface area contributed by atoms with Crippen molar-refractivity contribution in [2.24, 2.45) is 0 Å². The van der Waals surface area contributed by atoms with Crippen molar-refractivity contribution in [1.82, 2.24) is 9.78 Å². The number of aryl methyl sites for hydroxylation is 1. The molecule has 0 bridgehead atoms. The van der Waals surface area contributed by atoms with Gasteiger partial charge in [0.2, 0.25) is 5.91 Å². The maximum atomic E-state index is 12.5. The van der Waals surface area contributed by atoms with Gasteiger partial charge in [-0.1, -0.05) is 23.2 Å². The van der Waals surface area contributed by atoms with Crippen LogP contribution >= 0.6 is 23.2 Å². The third-order valence-electron chi connectivity index (χ3n) is 2.77. The summed E-state index contributed by atoms with van der Waals surface area (Å²) >= 11 is 11.6. The lowest BCUT2D eigenvalue weighted by Crippen LogP contribution is -2.20. The Bertz CT molecular complexity index is 713. The molecule has 0 unspecified atom stereocenters. The van der Waals surface area contributed by atoms with Crippen LogP contribution in [0.15, 0.2) is 24.3 Å². The summed E-state index contributed by atoms with van der Waals surface area (Å²) in [6.45, 7) is 1.09. The number of aromatic nitrogens is 2. The normalized spacial score (nSPS) is 11.5. The number of carbonyl (C=O) groups is 1. The number of alkyl halides is 3. The molecule has 1 amide bonds. The van der Waals surface area contributed by atoms with E-state index in [9.17, 15) is 18.0 Å². The molecule has 118 valence electrons. The van der Waals surface area contributed by atoms with E-state index in [0.29, 0.717) is 10.7 Å². The Morgan fingerprint density at radius 3 is 2.50 bits per heavy atom. The van der Waals surface area contributed by atoms with Gasteiger partial charge >= 0.3 is 6.18 Å². The lowest BCUT2D eigenvalue weighted by atomic mass is 10.3. The number of rotatable bonds is 3. The van der Waals surface area contributed by atoms with Gasteiger partial charge in [-0.25, -0.2) is 0 Å². The van der Waals surface area contributed by atoms with Gasteiger partial charge in [0.15, 0.2) is 5.69 Å². The lowest BCUT2D eigenvalue weighted by molar-refractivity contribution is -0.141. The summed E-state index contributed by atoms with van der Waals surface area (Å²) in [7, 11) is 0. The van der Waals surface area contributed by atoms with Crippen molar-refractivity contribution >= 4 is 34.8 Å². The molecule has 1 heterocycles. The Hall–Kier alpha value is -1.73. The van der Waals surface area contributed by atoms with E-state index in [4.69, 9.17) is 23.2 Å². The molecule has 0 saturated carbocycles. The van der Waals surface area contributed by atoms with Gasteiger partial charge in [-0.05, 0) is 31.2 Å². The monoisotopic (exact) mass is 351 g/mol. The molecule has 0 atom stereocenters. The highest BCUT2D eigenvalue weighted by Crippen LogP contribution is 2.28. The Balaban J connectivity index is 2.09. The number of hydrogen-bond acceptors (Lipinski definition) is 2. The van der Waals surface area contributed by atoms with Gasteiger partial charge in [-0.15, -0.1) is 0 Å². The van der Waals surface area contributed by atoms with Crippen molar-refractivity contribution in [2.75, 3.05) is 5.32 Å². The first-order chi connectivity index (χ1) is 10.2. The van der Waals surface area contributed by atoms with Gasteiger partial charge in [0.1, 0.15) is 6.54 Å². The molecule has 2 rings (SSSR count). The molecule has 0 aliphatic rings. The number of nitrogens with one attached hydrogen (secondary N) is 1. The molecule has 0 fully saturated rings. The largest absolute Gasteiger partial charge is 0.435 e. The molecule has 4 nitrogen and oxygen atoms in total. The molecule has 1 aromatic carbocycles. The zero-order chi connectivity index (χ0) is 16.5. The van der Waals surface area contributed by atoms with Crippen molar-refractivity contribution in [3.8, 4) is 0 Å². The van der Waals surface area contributed by atoms with Gasteiger partial charge in [0.05, 0.1) is 10.0 Å². The molecule has 1 aromatic heterocycles. The van der Waals surface area contributed by atoms with Crippen molar-refractivity contribution in [3.63, 3.8) is 0 Å². The van der Waals surface area contributed by atoms with E-state index in [1.807, 2.05) is 0 Å². The van der Waals surface area contributed by atoms with Gasteiger partial charge < -0.3 is 5.32 Å². The molecule has 1 N–H and O–H groups in total. The van der Waals surface area contributed by atoms with Crippen LogP contribution < -0.4 is 5.32 Å². The van der Waals surface area contributed by atoms with Crippen molar-refractivity contribution < 1.29 is 18.0 Å². The van der Waals surface area contributed by atoms with E-state index < -0.39 is 17.8 Å². The second-order valence-corrected chi connectivity index (χ2v) is 5.32. The van der Waals surface area contributed by atoms with Crippen molar-refractivity contribution in [1.29, 1.82) is 0 Å². The Morgan fingerprint density at radius 1 is 1.27 bits per heavy atom. The fourth-order valence-electron chi connectivity index (χ4n) is 1.72. The molecular weight excluding hydrogens is 342 g/mol. The second kappa shape index (κ2) is 6.18. The van der Waals surface area contributed by atoms with E-state index >= 15 is 0 Å². The van der Waals surface area contributed by atoms with Gasteiger partial charge in [-0.2, -0.15) is 18.3 Å². The van der Waals surface area contributed by atoms with Crippen LogP contribution in [0.2, 0.25) is 10.0 Å². The van der Waals surface area contributed by atoms with Crippen LogP contribution in [-0.2, 0) is 17.5 Å². The number of amides is 1. The molecule has 0 radical (unpaired) electrons. The highest BCUT2D eigenvalue weighted by Gasteiger charge is 2.34. The standard InChI is InChI=1S/C13H10Cl2F3N3O/c1-7-4-11(13(16,17)18)20-21(7)6-12(22)19-8-2-3-9(14)10(15)5-8/h2-5H,6H2,1H3,(H,19,22). The highest BCUT2D eigenvalue weighted by molar-refractivity contribution is 6.42. The molecule has 0 aliphatic heterocycles. The number of halogens is 5. The fourth-order valence-corrected chi connectivity index (χ4v) is 2.02. The average molecular weight is 352 g/mol. The topological polar surface area (TPSA) is 46.9 Å². The zero-order valence-corrected chi connectivity index (χ0v) is 12.7. The minimum absolute atomic E-state index is 0.233. The summed E-state index contributed by atoms with van der Waals surface area (Å²) in [4.78, 5) is 11.9. The average Bonchev–Trinajstić information content (AvgIpc) is 2.75. The summed E-state index contributed by atoms with van der Waals surface area (Å²) < 4.78 is 38.6. The number of anilines is 1. The minimum Gasteiger partial charge on any atom is -0.324 e. The summed E-state index contributed by atoms with van der Waals surface area (Å²) in [6, 6.07) is 5.36.